The van der Waals surface area contributed by atoms with Crippen molar-refractivity contribution in [3.63, 3.8) is 0 Å². The van der Waals surface area contributed by atoms with Crippen LogP contribution in [-0.2, 0) is 0 Å². The Kier molecular flexibility index (Phi) is 4.46. The maximum atomic E-state index is 6.10. The Hall–Kier alpha value is -0.540. The molecule has 1 heterocycles. The summed E-state index contributed by atoms with van der Waals surface area (Å²) in [5, 5.41) is 4.32. The van der Waals surface area contributed by atoms with E-state index < -0.39 is 0 Å². The Morgan fingerprint density at radius 3 is 2.94 bits per heavy atom. The summed E-state index contributed by atoms with van der Waals surface area (Å²) in [4.78, 5) is 0. The molecular weight excluding hydrogens is 254 g/mol. The highest BCUT2D eigenvalue weighted by atomic mass is 35.5. The highest BCUT2D eigenvalue weighted by molar-refractivity contribution is 7.99. The summed E-state index contributed by atoms with van der Waals surface area (Å²) in [5.41, 5.74) is 2.14. The Morgan fingerprint density at radius 2 is 2.29 bits per heavy atom. The van der Waals surface area contributed by atoms with Gasteiger partial charge in [0.15, 0.2) is 0 Å². The lowest BCUT2D eigenvalue weighted by Gasteiger charge is -2.25. The zero-order valence-corrected chi connectivity index (χ0v) is 11.8. The minimum atomic E-state index is 0.545. The van der Waals surface area contributed by atoms with Crippen molar-refractivity contribution in [2.24, 2.45) is 0 Å². The molecule has 0 bridgehead atoms. The third-order valence-electron chi connectivity index (χ3n) is 3.00. The standard InChI is InChI=1S/C13H18ClNOS/c1-9-6-12(13(16-2)7-11(9)14)15-10-4-3-5-17-8-10/h6-7,10,15H,3-5,8H2,1-2H3. The van der Waals surface area contributed by atoms with E-state index in [4.69, 9.17) is 16.3 Å². The largest absolute Gasteiger partial charge is 0.495 e. The molecule has 1 aromatic rings. The van der Waals surface area contributed by atoms with Gasteiger partial charge in [-0.2, -0.15) is 11.8 Å². The highest BCUT2D eigenvalue weighted by Gasteiger charge is 2.16. The fraction of sp³-hybridized carbons (Fsp3) is 0.538. The molecular formula is C13H18ClNOS. The highest BCUT2D eigenvalue weighted by Crippen LogP contribution is 2.32. The van der Waals surface area contributed by atoms with E-state index >= 15 is 0 Å². The predicted molar refractivity (Wildman–Crippen MR) is 76.7 cm³/mol. The molecule has 1 N–H and O–H groups in total. The van der Waals surface area contributed by atoms with Crippen LogP contribution in [0.2, 0.25) is 5.02 Å². The molecule has 4 heteroatoms. The molecule has 1 saturated heterocycles. The Labute approximate surface area is 112 Å². The summed E-state index contributed by atoms with van der Waals surface area (Å²) < 4.78 is 5.37. The first kappa shape index (κ1) is 12.9. The molecule has 2 nitrogen and oxygen atoms in total. The lowest BCUT2D eigenvalue weighted by atomic mass is 10.1. The van der Waals surface area contributed by atoms with Crippen LogP contribution in [0.25, 0.3) is 0 Å². The lowest BCUT2D eigenvalue weighted by Crippen LogP contribution is -2.25. The number of rotatable bonds is 3. The number of hydrogen-bond donors (Lipinski definition) is 1. The average Bonchev–Trinajstić information content (AvgIpc) is 2.35. The Bertz CT molecular complexity index is 391. The molecule has 1 fully saturated rings. The van der Waals surface area contributed by atoms with E-state index in [1.165, 1.54) is 24.3 Å². The fourth-order valence-electron chi connectivity index (χ4n) is 2.02. The number of aryl methyl sites for hydroxylation is 1. The van der Waals surface area contributed by atoms with Crippen LogP contribution in [0.4, 0.5) is 5.69 Å². The van der Waals surface area contributed by atoms with E-state index in [1.54, 1.807) is 7.11 Å². The summed E-state index contributed by atoms with van der Waals surface area (Å²) >= 11 is 8.11. The summed E-state index contributed by atoms with van der Waals surface area (Å²) in [6.07, 6.45) is 2.52. The van der Waals surface area contributed by atoms with E-state index in [0.29, 0.717) is 6.04 Å². The molecule has 0 amide bonds. The molecule has 0 spiro atoms. The lowest BCUT2D eigenvalue weighted by molar-refractivity contribution is 0.416. The average molecular weight is 272 g/mol. The van der Waals surface area contributed by atoms with Gasteiger partial charge in [0.05, 0.1) is 12.8 Å². The molecule has 0 saturated carbocycles. The van der Waals surface area contributed by atoms with Crippen LogP contribution < -0.4 is 10.1 Å². The van der Waals surface area contributed by atoms with Crippen molar-refractivity contribution in [1.29, 1.82) is 0 Å². The number of hydrogen-bond acceptors (Lipinski definition) is 3. The zero-order chi connectivity index (χ0) is 12.3. The van der Waals surface area contributed by atoms with Gasteiger partial charge in [-0.1, -0.05) is 11.6 Å². The first-order valence-electron chi connectivity index (χ1n) is 5.89. The van der Waals surface area contributed by atoms with Crippen molar-refractivity contribution >= 4 is 29.1 Å². The first-order chi connectivity index (χ1) is 8.20. The van der Waals surface area contributed by atoms with Gasteiger partial charge in [0.2, 0.25) is 0 Å². The van der Waals surface area contributed by atoms with Crippen LogP contribution in [-0.4, -0.2) is 24.7 Å². The number of benzene rings is 1. The predicted octanol–water partition coefficient (Wildman–Crippen LogP) is 3.96. The second-order valence-corrected chi connectivity index (χ2v) is 5.92. The third kappa shape index (κ3) is 3.23. The number of nitrogens with one attached hydrogen (secondary N) is 1. The maximum Gasteiger partial charge on any atom is 0.143 e. The molecule has 1 atom stereocenters. The van der Waals surface area contributed by atoms with Gasteiger partial charge in [-0.15, -0.1) is 0 Å². The van der Waals surface area contributed by atoms with Crippen LogP contribution in [0.15, 0.2) is 12.1 Å². The second-order valence-electron chi connectivity index (χ2n) is 4.36. The number of thioether (sulfide) groups is 1. The van der Waals surface area contributed by atoms with Crippen molar-refractivity contribution in [3.05, 3.63) is 22.7 Å². The quantitative estimate of drug-likeness (QED) is 0.899. The summed E-state index contributed by atoms with van der Waals surface area (Å²) in [7, 11) is 1.68. The van der Waals surface area contributed by atoms with Gasteiger partial charge in [-0.25, -0.2) is 0 Å². The van der Waals surface area contributed by atoms with Crippen molar-refractivity contribution in [2.45, 2.75) is 25.8 Å². The molecule has 0 radical (unpaired) electrons. The van der Waals surface area contributed by atoms with E-state index in [9.17, 15) is 0 Å². The summed E-state index contributed by atoms with van der Waals surface area (Å²) in [5.74, 6) is 3.29. The molecule has 1 aliphatic rings. The molecule has 2 rings (SSSR count). The molecule has 1 unspecified atom stereocenters. The van der Waals surface area contributed by atoms with Gasteiger partial charge in [0.25, 0.3) is 0 Å². The Morgan fingerprint density at radius 1 is 1.47 bits per heavy atom. The molecule has 17 heavy (non-hydrogen) atoms. The van der Waals surface area contributed by atoms with Gasteiger partial charge in [-0.05, 0) is 37.1 Å². The Balaban J connectivity index is 2.15. The number of methoxy groups -OCH3 is 1. The molecule has 0 aromatic heterocycles. The van der Waals surface area contributed by atoms with Gasteiger partial charge < -0.3 is 10.1 Å². The molecule has 1 aliphatic heterocycles. The van der Waals surface area contributed by atoms with Crippen molar-refractivity contribution in [2.75, 3.05) is 23.9 Å². The van der Waals surface area contributed by atoms with Crippen molar-refractivity contribution in [1.82, 2.24) is 0 Å². The van der Waals surface area contributed by atoms with Crippen molar-refractivity contribution < 1.29 is 4.74 Å². The maximum absolute atomic E-state index is 6.10. The third-order valence-corrected chi connectivity index (χ3v) is 4.62. The minimum absolute atomic E-state index is 0.545. The van der Waals surface area contributed by atoms with Crippen LogP contribution in [0.1, 0.15) is 18.4 Å². The van der Waals surface area contributed by atoms with E-state index in [1.807, 2.05) is 24.8 Å². The van der Waals surface area contributed by atoms with Crippen LogP contribution in [0.5, 0.6) is 5.75 Å². The smallest absolute Gasteiger partial charge is 0.143 e. The van der Waals surface area contributed by atoms with Gasteiger partial charge in [0.1, 0.15) is 5.75 Å². The van der Waals surface area contributed by atoms with Crippen LogP contribution >= 0.6 is 23.4 Å². The van der Waals surface area contributed by atoms with E-state index in [-0.39, 0.29) is 0 Å². The summed E-state index contributed by atoms with van der Waals surface area (Å²) in [6.45, 7) is 2.02. The van der Waals surface area contributed by atoms with Crippen molar-refractivity contribution in [3.8, 4) is 5.75 Å². The number of halogens is 1. The van der Waals surface area contributed by atoms with Crippen LogP contribution in [0, 0.1) is 6.92 Å². The second kappa shape index (κ2) is 5.87. The first-order valence-corrected chi connectivity index (χ1v) is 7.42. The van der Waals surface area contributed by atoms with E-state index in [2.05, 4.69) is 11.4 Å². The molecule has 0 aliphatic carbocycles. The normalized spacial score (nSPS) is 20.1. The minimum Gasteiger partial charge on any atom is -0.495 e. The number of ether oxygens (including phenoxy) is 1. The van der Waals surface area contributed by atoms with Gasteiger partial charge >= 0.3 is 0 Å². The molecule has 94 valence electrons. The van der Waals surface area contributed by atoms with Crippen LogP contribution in [0.3, 0.4) is 0 Å². The van der Waals surface area contributed by atoms with E-state index in [0.717, 1.165) is 22.0 Å². The number of anilines is 1. The zero-order valence-electron chi connectivity index (χ0n) is 10.3. The van der Waals surface area contributed by atoms with Gasteiger partial charge in [-0.3, -0.25) is 0 Å². The fourth-order valence-corrected chi connectivity index (χ4v) is 3.25. The molecule has 1 aromatic carbocycles. The SMILES string of the molecule is COc1cc(Cl)c(C)cc1NC1CCCSC1. The monoisotopic (exact) mass is 271 g/mol. The summed E-state index contributed by atoms with van der Waals surface area (Å²) in [6, 6.07) is 4.50. The topological polar surface area (TPSA) is 21.3 Å². The van der Waals surface area contributed by atoms with Gasteiger partial charge in [0, 0.05) is 22.9 Å².